The molecule has 0 saturated carbocycles. The van der Waals surface area contributed by atoms with Crippen LogP contribution in [-0.2, 0) is 29.8 Å². The Hall–Kier alpha value is -2.42. The van der Waals surface area contributed by atoms with Gasteiger partial charge in [0, 0.05) is 31.6 Å². The molecule has 1 aromatic heterocycles. The van der Waals surface area contributed by atoms with Crippen molar-refractivity contribution < 1.29 is 19.7 Å². The number of aromatic nitrogens is 2. The Balaban J connectivity index is 1.24. The molecule has 2 aromatic rings. The number of benzene rings is 1. The number of aryl methyl sites for hydroxylation is 1. The van der Waals surface area contributed by atoms with Crippen LogP contribution in [0, 0.1) is 5.92 Å². The van der Waals surface area contributed by atoms with E-state index in [4.69, 9.17) is 19.4 Å². The predicted molar refractivity (Wildman–Crippen MR) is 148 cm³/mol. The molecule has 2 unspecified atom stereocenters. The summed E-state index contributed by atoms with van der Waals surface area (Å²) in [5.41, 5.74) is 4.02. The largest absolute Gasteiger partial charge is 0.508 e. The quantitative estimate of drug-likeness (QED) is 0.606. The second-order valence-corrected chi connectivity index (χ2v) is 12.9. The first-order valence-electron chi connectivity index (χ1n) is 15.1. The van der Waals surface area contributed by atoms with Crippen molar-refractivity contribution in [3.8, 4) is 11.8 Å². The third-order valence-corrected chi connectivity index (χ3v) is 10.1. The van der Waals surface area contributed by atoms with Crippen LogP contribution in [0.4, 0.5) is 5.82 Å². The van der Waals surface area contributed by atoms with Gasteiger partial charge in [0.2, 0.25) is 0 Å². The summed E-state index contributed by atoms with van der Waals surface area (Å²) in [6.07, 6.45) is 9.43. The van der Waals surface area contributed by atoms with E-state index in [-0.39, 0.29) is 17.4 Å². The number of hydrogen-bond acceptors (Lipinski definition) is 8. The Morgan fingerprint density at radius 3 is 2.95 bits per heavy atom. The molecule has 8 heteroatoms. The van der Waals surface area contributed by atoms with Gasteiger partial charge in [0.15, 0.2) is 0 Å². The molecule has 8 nitrogen and oxygen atoms in total. The zero-order valence-electron chi connectivity index (χ0n) is 23.2. The van der Waals surface area contributed by atoms with Gasteiger partial charge < -0.3 is 24.6 Å². The maximum Gasteiger partial charge on any atom is 0.318 e. The lowest BCUT2D eigenvalue weighted by Gasteiger charge is -2.43. The molecule has 1 aliphatic carbocycles. The van der Waals surface area contributed by atoms with Crippen LogP contribution >= 0.6 is 0 Å². The highest BCUT2D eigenvalue weighted by molar-refractivity contribution is 5.52. The summed E-state index contributed by atoms with van der Waals surface area (Å²) in [6.45, 7) is 7.35. The van der Waals surface area contributed by atoms with Crippen molar-refractivity contribution in [1.29, 1.82) is 0 Å². The van der Waals surface area contributed by atoms with Crippen molar-refractivity contribution in [2.75, 3.05) is 37.7 Å². The van der Waals surface area contributed by atoms with E-state index in [9.17, 15) is 10.2 Å². The van der Waals surface area contributed by atoms with Crippen LogP contribution in [0.15, 0.2) is 18.2 Å². The van der Waals surface area contributed by atoms with Crippen molar-refractivity contribution in [3.63, 3.8) is 0 Å². The molecule has 4 aliphatic heterocycles. The summed E-state index contributed by atoms with van der Waals surface area (Å²) in [5.74, 6) is 1.88. The number of anilines is 1. The van der Waals surface area contributed by atoms with E-state index in [1.807, 2.05) is 12.1 Å². The minimum atomic E-state index is -0.487. The lowest BCUT2D eigenvalue weighted by molar-refractivity contribution is -0.0856. The van der Waals surface area contributed by atoms with E-state index in [0.717, 1.165) is 87.3 Å². The molecule has 7 rings (SSSR count). The van der Waals surface area contributed by atoms with Gasteiger partial charge in [-0.1, -0.05) is 13.0 Å². The number of hydrogen-bond donors (Lipinski definition) is 2. The molecule has 210 valence electrons. The summed E-state index contributed by atoms with van der Waals surface area (Å²) < 4.78 is 13.3. The minimum absolute atomic E-state index is 0.107. The van der Waals surface area contributed by atoms with Gasteiger partial charge in [-0.3, -0.25) is 4.90 Å². The van der Waals surface area contributed by atoms with Crippen molar-refractivity contribution in [1.82, 2.24) is 14.9 Å². The first-order valence-corrected chi connectivity index (χ1v) is 15.1. The molecule has 0 bridgehead atoms. The number of aliphatic hydroxyl groups excluding tert-OH is 1. The Bertz CT molecular complexity index is 1240. The molecule has 3 fully saturated rings. The lowest BCUT2D eigenvalue weighted by atomic mass is 9.75. The fraction of sp³-hybridized carbons (Fsp3) is 0.677. The molecule has 2 N–H and O–H groups in total. The molecular formula is C31H42N4O4. The monoisotopic (exact) mass is 534 g/mol. The Morgan fingerprint density at radius 2 is 2.03 bits per heavy atom. The fourth-order valence-corrected chi connectivity index (χ4v) is 8.20. The smallest absolute Gasteiger partial charge is 0.318 e. The minimum Gasteiger partial charge on any atom is -0.508 e. The van der Waals surface area contributed by atoms with Crippen molar-refractivity contribution in [2.24, 2.45) is 5.92 Å². The molecule has 4 atom stereocenters. The number of rotatable bonds is 4. The van der Waals surface area contributed by atoms with Crippen molar-refractivity contribution in [3.05, 3.63) is 40.6 Å². The normalized spacial score (nSPS) is 32.5. The Kier molecular flexibility index (Phi) is 6.48. The van der Waals surface area contributed by atoms with E-state index >= 15 is 0 Å². The van der Waals surface area contributed by atoms with Gasteiger partial charge in [-0.15, -0.1) is 0 Å². The van der Waals surface area contributed by atoms with E-state index in [1.54, 1.807) is 6.07 Å². The molecule has 0 radical (unpaired) electrons. The number of nitrogens with zero attached hydrogens (tertiary/aromatic N) is 4. The summed E-state index contributed by atoms with van der Waals surface area (Å²) in [4.78, 5) is 15.0. The number of phenolic OH excluding ortho intramolecular Hbond substituents is 1. The number of fused-ring (bicyclic) bond motifs is 4. The van der Waals surface area contributed by atoms with Gasteiger partial charge in [0.05, 0.1) is 29.5 Å². The zero-order valence-corrected chi connectivity index (χ0v) is 23.2. The maximum atomic E-state index is 10.3. The second kappa shape index (κ2) is 9.89. The summed E-state index contributed by atoms with van der Waals surface area (Å²) in [6, 6.07) is 6.19. The average molecular weight is 535 g/mol. The molecule has 3 saturated heterocycles. The van der Waals surface area contributed by atoms with Gasteiger partial charge in [0.1, 0.15) is 18.2 Å². The van der Waals surface area contributed by atoms with Crippen molar-refractivity contribution in [2.45, 2.75) is 95.0 Å². The number of ether oxygens (including phenoxy) is 2. The lowest BCUT2D eigenvalue weighted by Crippen LogP contribution is -2.44. The highest BCUT2D eigenvalue weighted by Gasteiger charge is 2.48. The fourth-order valence-electron chi connectivity index (χ4n) is 8.20. The average Bonchev–Trinajstić information content (AvgIpc) is 3.35. The first kappa shape index (κ1) is 25.5. The van der Waals surface area contributed by atoms with E-state index in [0.29, 0.717) is 31.6 Å². The van der Waals surface area contributed by atoms with E-state index in [2.05, 4.69) is 16.7 Å². The summed E-state index contributed by atoms with van der Waals surface area (Å²) in [7, 11) is 0. The van der Waals surface area contributed by atoms with Crippen LogP contribution in [0.25, 0.3) is 0 Å². The predicted octanol–water partition coefficient (Wildman–Crippen LogP) is 4.09. The van der Waals surface area contributed by atoms with Crippen molar-refractivity contribution >= 4 is 5.82 Å². The first-order chi connectivity index (χ1) is 18.9. The topological polar surface area (TPSA) is 91.2 Å². The molecule has 0 amide bonds. The van der Waals surface area contributed by atoms with E-state index in [1.165, 1.54) is 24.8 Å². The van der Waals surface area contributed by atoms with Gasteiger partial charge in [-0.2, -0.15) is 9.97 Å². The van der Waals surface area contributed by atoms with Crippen LogP contribution in [0.2, 0.25) is 0 Å². The summed E-state index contributed by atoms with van der Waals surface area (Å²) in [5, 5.41) is 20.6. The van der Waals surface area contributed by atoms with Crippen LogP contribution in [0.3, 0.4) is 0 Å². The van der Waals surface area contributed by atoms with Gasteiger partial charge >= 0.3 is 6.01 Å². The number of aliphatic hydroxyl groups is 1. The highest BCUT2D eigenvalue weighted by atomic mass is 16.5. The third kappa shape index (κ3) is 4.58. The van der Waals surface area contributed by atoms with Gasteiger partial charge in [-0.05, 0) is 93.5 Å². The number of aromatic hydroxyl groups is 1. The van der Waals surface area contributed by atoms with E-state index < -0.39 is 5.60 Å². The zero-order chi connectivity index (χ0) is 26.6. The molecule has 5 aliphatic rings. The van der Waals surface area contributed by atoms with Gasteiger partial charge in [0.25, 0.3) is 0 Å². The molecule has 5 heterocycles. The van der Waals surface area contributed by atoms with Crippen LogP contribution in [0.5, 0.6) is 11.8 Å². The number of phenols is 1. The SMILES string of the molecule is C[C@H]1CN2CCC[C@@]2(COc2nc3c(c(N4CCCC(O)CC4)n2)COC2(CCCc4ccc(O)cc42)C3)C1. The Morgan fingerprint density at radius 1 is 1.10 bits per heavy atom. The highest BCUT2D eigenvalue weighted by Crippen LogP contribution is 2.47. The molecule has 1 aromatic carbocycles. The third-order valence-electron chi connectivity index (χ3n) is 10.1. The Labute approximate surface area is 231 Å². The van der Waals surface area contributed by atoms with Crippen LogP contribution in [0.1, 0.15) is 80.7 Å². The molecular weight excluding hydrogens is 492 g/mol. The molecule has 39 heavy (non-hydrogen) atoms. The standard InChI is InChI=1S/C31H42N4O4/c1-21-16-30(10-4-13-35(30)18-21)20-38-29-32-27-17-31(11-2-5-22-7-8-24(37)15-26(22)31)39-19-25(27)28(33-29)34-12-3-6-23(36)9-14-34/h7-8,15,21,23,36-37H,2-6,9-14,16-20H2,1H3/t21-,23?,30+,31?/m1/s1. The van der Waals surface area contributed by atoms with Gasteiger partial charge in [-0.25, -0.2) is 0 Å². The summed E-state index contributed by atoms with van der Waals surface area (Å²) >= 11 is 0. The van der Waals surface area contributed by atoms with Crippen LogP contribution in [-0.4, -0.2) is 69.5 Å². The maximum absolute atomic E-state index is 10.3. The second-order valence-electron chi connectivity index (χ2n) is 12.9. The molecule has 1 spiro atoms. The van der Waals surface area contributed by atoms with Crippen LogP contribution < -0.4 is 9.64 Å².